The van der Waals surface area contributed by atoms with E-state index in [1.54, 1.807) is 0 Å². The minimum atomic E-state index is -0.512. The second-order valence-electron chi connectivity index (χ2n) is 2.66. The van der Waals surface area contributed by atoms with Gasteiger partial charge in [0.2, 0.25) is 0 Å². The molecule has 0 aliphatic rings. The molecule has 1 aromatic carbocycles. The molecule has 0 saturated carbocycles. The van der Waals surface area contributed by atoms with E-state index in [9.17, 15) is 14.5 Å². The molecule has 0 saturated heterocycles. The zero-order chi connectivity index (χ0) is 10.3. The van der Waals surface area contributed by atoms with Gasteiger partial charge < -0.3 is 0 Å². The Kier molecular flexibility index (Phi) is 2.16. The molecule has 2 aromatic rings. The van der Waals surface area contributed by atoms with Gasteiger partial charge in [-0.2, -0.15) is 4.39 Å². The summed E-state index contributed by atoms with van der Waals surface area (Å²) < 4.78 is 13.7. The fraction of sp³-hybridized carbons (Fsp3) is 0. The molecule has 0 spiro atoms. The standard InChI is InChI=1S/C8H4FNO2S2/c9-8-7(13)5-3-4(10(11)12)1-2-6(5)14-8/h1-3,13H. The Labute approximate surface area is 87.7 Å². The molecular formula is C8H4FNO2S2. The lowest BCUT2D eigenvalue weighted by Gasteiger charge is -1.91. The van der Waals surface area contributed by atoms with E-state index >= 15 is 0 Å². The Morgan fingerprint density at radius 1 is 1.50 bits per heavy atom. The molecule has 1 heterocycles. The smallest absolute Gasteiger partial charge is 0.258 e. The Morgan fingerprint density at radius 3 is 2.86 bits per heavy atom. The van der Waals surface area contributed by atoms with Crippen LogP contribution in [-0.2, 0) is 0 Å². The summed E-state index contributed by atoms with van der Waals surface area (Å²) in [6, 6.07) is 4.21. The molecule has 0 amide bonds. The van der Waals surface area contributed by atoms with E-state index in [2.05, 4.69) is 12.6 Å². The van der Waals surface area contributed by atoms with Gasteiger partial charge in [0.1, 0.15) is 0 Å². The van der Waals surface area contributed by atoms with Crippen LogP contribution in [-0.4, -0.2) is 4.92 Å². The number of nitro benzene ring substituents is 1. The molecule has 0 bridgehead atoms. The van der Waals surface area contributed by atoms with Crippen LogP contribution < -0.4 is 0 Å². The summed E-state index contributed by atoms with van der Waals surface area (Å²) in [5.41, 5.74) is -0.0504. The molecule has 3 nitrogen and oxygen atoms in total. The lowest BCUT2D eigenvalue weighted by molar-refractivity contribution is -0.384. The average molecular weight is 229 g/mol. The number of nitro groups is 1. The monoisotopic (exact) mass is 229 g/mol. The van der Waals surface area contributed by atoms with Crippen LogP contribution >= 0.6 is 24.0 Å². The van der Waals surface area contributed by atoms with E-state index in [-0.39, 0.29) is 10.6 Å². The van der Waals surface area contributed by atoms with Crippen LogP contribution in [0.25, 0.3) is 10.1 Å². The van der Waals surface area contributed by atoms with Crippen molar-refractivity contribution in [1.29, 1.82) is 0 Å². The normalized spacial score (nSPS) is 10.7. The molecular weight excluding hydrogens is 225 g/mol. The molecule has 0 unspecified atom stereocenters. The Balaban J connectivity index is 2.76. The highest BCUT2D eigenvalue weighted by Gasteiger charge is 2.12. The quantitative estimate of drug-likeness (QED) is 0.463. The summed E-state index contributed by atoms with van der Waals surface area (Å²) in [5, 5.41) is 10.5. The number of fused-ring (bicyclic) bond motifs is 1. The highest BCUT2D eigenvalue weighted by Crippen LogP contribution is 2.34. The third-order valence-corrected chi connectivity index (χ3v) is 3.36. The maximum absolute atomic E-state index is 13.0. The van der Waals surface area contributed by atoms with Gasteiger partial charge in [0, 0.05) is 22.2 Å². The van der Waals surface area contributed by atoms with Crippen molar-refractivity contribution in [1.82, 2.24) is 0 Å². The number of hydrogen-bond acceptors (Lipinski definition) is 4. The SMILES string of the molecule is O=[N+]([O-])c1ccc2sc(F)c(S)c2c1. The molecule has 0 aliphatic heterocycles. The summed E-state index contributed by atoms with van der Waals surface area (Å²) in [6.45, 7) is 0. The number of rotatable bonds is 1. The number of benzene rings is 1. The maximum atomic E-state index is 13.0. The lowest BCUT2D eigenvalue weighted by atomic mass is 10.2. The van der Waals surface area contributed by atoms with Crippen LogP contribution in [0, 0.1) is 15.2 Å². The zero-order valence-corrected chi connectivity index (χ0v) is 8.44. The van der Waals surface area contributed by atoms with Crippen LogP contribution in [0.4, 0.5) is 10.1 Å². The Morgan fingerprint density at radius 2 is 2.21 bits per heavy atom. The fourth-order valence-electron chi connectivity index (χ4n) is 1.16. The third kappa shape index (κ3) is 1.36. The number of hydrogen-bond donors (Lipinski definition) is 1. The van der Waals surface area contributed by atoms with Crippen LogP contribution in [0.2, 0.25) is 0 Å². The van der Waals surface area contributed by atoms with Crippen LogP contribution in [0.5, 0.6) is 0 Å². The summed E-state index contributed by atoms with van der Waals surface area (Å²) >= 11 is 4.88. The first-order valence-corrected chi connectivity index (χ1v) is 4.91. The topological polar surface area (TPSA) is 43.1 Å². The van der Waals surface area contributed by atoms with E-state index in [0.29, 0.717) is 10.1 Å². The summed E-state index contributed by atoms with van der Waals surface area (Å²) in [5.74, 6) is 0. The molecule has 0 aliphatic carbocycles. The van der Waals surface area contributed by atoms with Gasteiger partial charge in [0.25, 0.3) is 5.69 Å². The van der Waals surface area contributed by atoms with Crippen molar-refractivity contribution >= 4 is 39.7 Å². The van der Waals surface area contributed by atoms with Gasteiger partial charge >= 0.3 is 0 Å². The van der Waals surface area contributed by atoms with Gasteiger partial charge in [-0.05, 0) is 6.07 Å². The van der Waals surface area contributed by atoms with E-state index in [1.165, 1.54) is 18.2 Å². The minimum Gasteiger partial charge on any atom is -0.258 e. The maximum Gasteiger partial charge on any atom is 0.270 e. The average Bonchev–Trinajstić information content (AvgIpc) is 2.43. The molecule has 0 radical (unpaired) electrons. The van der Waals surface area contributed by atoms with Crippen LogP contribution in [0.15, 0.2) is 23.1 Å². The molecule has 72 valence electrons. The van der Waals surface area contributed by atoms with Crippen molar-refractivity contribution in [2.75, 3.05) is 0 Å². The Hall–Kier alpha value is -1.14. The van der Waals surface area contributed by atoms with Gasteiger partial charge in [-0.1, -0.05) is 0 Å². The second kappa shape index (κ2) is 3.21. The van der Waals surface area contributed by atoms with Gasteiger partial charge in [-0.25, -0.2) is 0 Å². The minimum absolute atomic E-state index is 0.0504. The first kappa shape index (κ1) is 9.42. The van der Waals surface area contributed by atoms with Gasteiger partial charge in [0.15, 0.2) is 5.13 Å². The van der Waals surface area contributed by atoms with Crippen LogP contribution in [0.3, 0.4) is 0 Å². The molecule has 0 atom stereocenters. The zero-order valence-electron chi connectivity index (χ0n) is 6.73. The van der Waals surface area contributed by atoms with Gasteiger partial charge in [-0.3, -0.25) is 10.1 Å². The van der Waals surface area contributed by atoms with Gasteiger partial charge in [-0.15, -0.1) is 24.0 Å². The van der Waals surface area contributed by atoms with Crippen LogP contribution in [0.1, 0.15) is 0 Å². The number of non-ortho nitro benzene ring substituents is 1. The third-order valence-electron chi connectivity index (χ3n) is 1.81. The number of halogens is 1. The fourth-order valence-corrected chi connectivity index (χ4v) is 2.36. The van der Waals surface area contributed by atoms with Crippen molar-refractivity contribution in [2.24, 2.45) is 0 Å². The van der Waals surface area contributed by atoms with Crippen molar-refractivity contribution < 1.29 is 9.31 Å². The van der Waals surface area contributed by atoms with Crippen molar-refractivity contribution in [3.63, 3.8) is 0 Å². The molecule has 14 heavy (non-hydrogen) atoms. The van der Waals surface area contributed by atoms with Crippen molar-refractivity contribution in [3.05, 3.63) is 33.4 Å². The number of thiophene rings is 1. The highest BCUT2D eigenvalue weighted by molar-refractivity contribution is 7.80. The van der Waals surface area contributed by atoms with E-state index in [4.69, 9.17) is 0 Å². The Bertz CT molecular complexity index is 523. The van der Waals surface area contributed by atoms with Gasteiger partial charge in [0.05, 0.1) is 9.82 Å². The molecule has 6 heteroatoms. The predicted octanol–water partition coefficient (Wildman–Crippen LogP) is 3.24. The molecule has 0 N–H and O–H groups in total. The van der Waals surface area contributed by atoms with Crippen molar-refractivity contribution in [3.8, 4) is 0 Å². The number of thiol groups is 1. The summed E-state index contributed by atoms with van der Waals surface area (Å²) in [4.78, 5) is 10.1. The molecule has 2 rings (SSSR count). The summed E-state index contributed by atoms with van der Waals surface area (Å²) in [6.07, 6.45) is 0. The van der Waals surface area contributed by atoms with E-state index < -0.39 is 10.1 Å². The van der Waals surface area contributed by atoms with Crippen molar-refractivity contribution in [2.45, 2.75) is 4.90 Å². The molecule has 1 aromatic heterocycles. The van der Waals surface area contributed by atoms with E-state index in [0.717, 1.165) is 11.3 Å². The molecule has 0 fully saturated rings. The highest BCUT2D eigenvalue weighted by atomic mass is 32.1. The first-order valence-electron chi connectivity index (χ1n) is 3.65. The summed E-state index contributed by atoms with van der Waals surface area (Å²) in [7, 11) is 0. The van der Waals surface area contributed by atoms with E-state index in [1.807, 2.05) is 0 Å². The predicted molar refractivity (Wildman–Crippen MR) is 55.7 cm³/mol. The largest absolute Gasteiger partial charge is 0.270 e. The first-order chi connectivity index (χ1) is 6.59. The number of nitrogens with zero attached hydrogens (tertiary/aromatic N) is 1. The lowest BCUT2D eigenvalue weighted by Crippen LogP contribution is -1.86. The second-order valence-corrected chi connectivity index (χ2v) is 4.11.